The molecule has 1 aliphatic heterocycles. The van der Waals surface area contributed by atoms with Gasteiger partial charge >= 0.3 is 0 Å². The van der Waals surface area contributed by atoms with Gasteiger partial charge in [0.05, 0.1) is 17.3 Å². The summed E-state index contributed by atoms with van der Waals surface area (Å²) >= 11 is 7.59. The van der Waals surface area contributed by atoms with Gasteiger partial charge in [0.25, 0.3) is 0 Å². The van der Waals surface area contributed by atoms with Gasteiger partial charge in [-0.15, -0.1) is 11.6 Å². The Labute approximate surface area is 123 Å². The van der Waals surface area contributed by atoms with Gasteiger partial charge in [0, 0.05) is 23.6 Å². The highest BCUT2D eigenvalue weighted by Gasteiger charge is 2.37. The Kier molecular flexibility index (Phi) is 4.49. The fourth-order valence-electron chi connectivity index (χ4n) is 2.26. The van der Waals surface area contributed by atoms with E-state index in [0.29, 0.717) is 17.9 Å². The quantitative estimate of drug-likeness (QED) is 0.864. The fraction of sp³-hybridized carbons (Fsp3) is 0.727. The van der Waals surface area contributed by atoms with Crippen LogP contribution in [0.4, 0.5) is 0 Å². The molecule has 8 heteroatoms. The molecule has 0 radical (unpaired) electrons. The molecule has 2 rings (SSSR count). The summed E-state index contributed by atoms with van der Waals surface area (Å²) in [5.74, 6) is 0.906. The molecule has 0 saturated carbocycles. The Hall–Kier alpha value is -0.240. The second kappa shape index (κ2) is 5.63. The molecule has 0 bridgehead atoms. The molecule has 0 amide bonds. The monoisotopic (exact) mass is 323 g/mol. The molecular weight excluding hydrogens is 306 g/mol. The first-order valence-electron chi connectivity index (χ1n) is 6.12. The Morgan fingerprint density at radius 3 is 2.84 bits per heavy atom. The van der Waals surface area contributed by atoms with E-state index in [1.54, 1.807) is 23.0 Å². The standard InChI is InChI=1S/C11H18ClN3O2S2/c1-7-11(10(6-12)14-13-7)19(16,17)15-4-5-18-9(3)8(15)2/h8-9H,4-6H2,1-3H3,(H,13,14). The fourth-order valence-corrected chi connectivity index (χ4v) is 5.86. The van der Waals surface area contributed by atoms with Gasteiger partial charge in [0.1, 0.15) is 4.90 Å². The highest BCUT2D eigenvalue weighted by molar-refractivity contribution is 8.00. The summed E-state index contributed by atoms with van der Waals surface area (Å²) < 4.78 is 27.2. The first-order valence-corrected chi connectivity index (χ1v) is 9.15. The summed E-state index contributed by atoms with van der Waals surface area (Å²) in [6.45, 7) is 6.25. The van der Waals surface area contributed by atoms with Crippen molar-refractivity contribution >= 4 is 33.4 Å². The molecule has 0 aliphatic carbocycles. The van der Waals surface area contributed by atoms with E-state index in [1.165, 1.54) is 0 Å². The largest absolute Gasteiger partial charge is 0.281 e. The molecule has 1 N–H and O–H groups in total. The lowest BCUT2D eigenvalue weighted by Crippen LogP contribution is -2.48. The predicted octanol–water partition coefficient (Wildman–Crippen LogP) is 1.97. The number of aromatic amines is 1. The molecule has 1 aliphatic rings. The summed E-state index contributed by atoms with van der Waals surface area (Å²) in [5.41, 5.74) is 0.950. The molecule has 1 aromatic heterocycles. The third-order valence-corrected chi connectivity index (χ3v) is 7.26. The Morgan fingerprint density at radius 1 is 1.53 bits per heavy atom. The normalized spacial score (nSPS) is 25.7. The van der Waals surface area contributed by atoms with Crippen molar-refractivity contribution in [2.45, 2.75) is 42.8 Å². The highest BCUT2D eigenvalue weighted by atomic mass is 35.5. The lowest BCUT2D eigenvalue weighted by atomic mass is 10.2. The van der Waals surface area contributed by atoms with Gasteiger partial charge < -0.3 is 0 Å². The van der Waals surface area contributed by atoms with Crippen molar-refractivity contribution in [3.05, 3.63) is 11.4 Å². The van der Waals surface area contributed by atoms with Crippen molar-refractivity contribution < 1.29 is 8.42 Å². The number of rotatable bonds is 3. The Bertz CT molecular complexity index is 558. The smallest absolute Gasteiger partial charge is 0.247 e. The van der Waals surface area contributed by atoms with E-state index in [-0.39, 0.29) is 22.1 Å². The minimum absolute atomic E-state index is 0.0266. The molecule has 1 saturated heterocycles. The third-order valence-electron chi connectivity index (χ3n) is 3.48. The minimum Gasteiger partial charge on any atom is -0.281 e. The number of halogens is 1. The highest BCUT2D eigenvalue weighted by Crippen LogP contribution is 2.31. The molecule has 0 aromatic carbocycles. The zero-order chi connectivity index (χ0) is 14.2. The molecule has 19 heavy (non-hydrogen) atoms. The van der Waals surface area contributed by atoms with Crippen molar-refractivity contribution in [3.8, 4) is 0 Å². The molecule has 108 valence electrons. The second-order valence-corrected chi connectivity index (χ2v) is 8.27. The first-order chi connectivity index (χ1) is 8.89. The van der Waals surface area contributed by atoms with Crippen LogP contribution in [0.25, 0.3) is 0 Å². The number of sulfonamides is 1. The van der Waals surface area contributed by atoms with E-state index in [2.05, 4.69) is 17.1 Å². The molecule has 1 aromatic rings. The van der Waals surface area contributed by atoms with Gasteiger partial charge in [0.15, 0.2) is 0 Å². The molecule has 1 fully saturated rings. The van der Waals surface area contributed by atoms with Crippen LogP contribution in [0.2, 0.25) is 0 Å². The van der Waals surface area contributed by atoms with Crippen molar-refractivity contribution in [1.29, 1.82) is 0 Å². The van der Waals surface area contributed by atoms with Crippen LogP contribution in [0, 0.1) is 6.92 Å². The van der Waals surface area contributed by atoms with E-state index in [0.717, 1.165) is 5.75 Å². The maximum atomic E-state index is 12.8. The lowest BCUT2D eigenvalue weighted by Gasteiger charge is -2.36. The van der Waals surface area contributed by atoms with Crippen LogP contribution in [-0.2, 0) is 15.9 Å². The third kappa shape index (κ3) is 2.66. The minimum atomic E-state index is -3.53. The molecule has 2 unspecified atom stereocenters. The summed E-state index contributed by atoms with van der Waals surface area (Å²) in [7, 11) is -3.53. The average molecular weight is 324 g/mol. The van der Waals surface area contributed by atoms with E-state index in [4.69, 9.17) is 11.6 Å². The van der Waals surface area contributed by atoms with Crippen LogP contribution < -0.4 is 0 Å². The van der Waals surface area contributed by atoms with Crippen molar-refractivity contribution in [1.82, 2.24) is 14.5 Å². The van der Waals surface area contributed by atoms with Crippen LogP contribution in [-0.4, -0.2) is 46.5 Å². The number of hydrogen-bond donors (Lipinski definition) is 1. The SMILES string of the molecule is Cc1[nH]nc(CCl)c1S(=O)(=O)N1CCSC(C)C1C. The average Bonchev–Trinajstić information content (AvgIpc) is 2.74. The van der Waals surface area contributed by atoms with Crippen LogP contribution in [0.1, 0.15) is 25.2 Å². The van der Waals surface area contributed by atoms with Gasteiger partial charge in [-0.1, -0.05) is 6.92 Å². The topological polar surface area (TPSA) is 66.1 Å². The number of hydrogen-bond acceptors (Lipinski definition) is 4. The van der Waals surface area contributed by atoms with Crippen LogP contribution in [0.5, 0.6) is 0 Å². The van der Waals surface area contributed by atoms with Crippen molar-refractivity contribution in [2.75, 3.05) is 12.3 Å². The summed E-state index contributed by atoms with van der Waals surface area (Å²) in [6, 6.07) is -0.0266. The number of aromatic nitrogens is 2. The Balaban J connectivity index is 2.44. The van der Waals surface area contributed by atoms with Gasteiger partial charge in [0.2, 0.25) is 10.0 Å². The predicted molar refractivity (Wildman–Crippen MR) is 78.2 cm³/mol. The summed E-state index contributed by atoms with van der Waals surface area (Å²) in [5, 5.41) is 6.97. The van der Waals surface area contributed by atoms with Crippen molar-refractivity contribution in [3.63, 3.8) is 0 Å². The van der Waals surface area contributed by atoms with Crippen molar-refractivity contribution in [2.24, 2.45) is 0 Å². The van der Waals surface area contributed by atoms with Gasteiger partial charge in [-0.3, -0.25) is 5.10 Å². The molecule has 2 atom stereocenters. The van der Waals surface area contributed by atoms with E-state index in [9.17, 15) is 8.42 Å². The number of H-pyrrole nitrogens is 1. The zero-order valence-corrected chi connectivity index (χ0v) is 13.6. The van der Waals surface area contributed by atoms with E-state index in [1.807, 2.05) is 6.92 Å². The maximum absolute atomic E-state index is 12.8. The Morgan fingerprint density at radius 2 is 2.21 bits per heavy atom. The molecule has 2 heterocycles. The second-order valence-electron chi connectivity index (χ2n) is 4.69. The molecular formula is C11H18ClN3O2S2. The van der Waals surface area contributed by atoms with Crippen LogP contribution >= 0.6 is 23.4 Å². The summed E-state index contributed by atoms with van der Waals surface area (Å²) in [6.07, 6.45) is 0. The van der Waals surface area contributed by atoms with Crippen LogP contribution in [0.3, 0.4) is 0 Å². The van der Waals surface area contributed by atoms with E-state index >= 15 is 0 Å². The zero-order valence-electron chi connectivity index (χ0n) is 11.2. The molecule has 5 nitrogen and oxygen atoms in total. The number of aryl methyl sites for hydroxylation is 1. The van der Waals surface area contributed by atoms with Gasteiger partial charge in [-0.25, -0.2) is 8.42 Å². The van der Waals surface area contributed by atoms with Crippen LogP contribution in [0.15, 0.2) is 4.90 Å². The first kappa shape index (κ1) is 15.2. The summed E-state index contributed by atoms with van der Waals surface area (Å²) in [4.78, 5) is 0.244. The maximum Gasteiger partial charge on any atom is 0.247 e. The van der Waals surface area contributed by atoms with Gasteiger partial charge in [-0.05, 0) is 13.8 Å². The van der Waals surface area contributed by atoms with E-state index < -0.39 is 10.0 Å². The number of alkyl halides is 1. The number of nitrogens with zero attached hydrogens (tertiary/aromatic N) is 2. The number of thioether (sulfide) groups is 1. The lowest BCUT2D eigenvalue weighted by molar-refractivity contribution is 0.340. The number of nitrogens with one attached hydrogen (secondary N) is 1. The molecule has 0 spiro atoms. The van der Waals surface area contributed by atoms with Gasteiger partial charge in [-0.2, -0.15) is 21.2 Å².